The Hall–Kier alpha value is -1.67. The van der Waals surface area contributed by atoms with Crippen LogP contribution in [0.3, 0.4) is 0 Å². The first-order chi connectivity index (χ1) is 14.1. The van der Waals surface area contributed by atoms with Crippen LogP contribution in [0.4, 0.5) is 0 Å². The highest BCUT2D eigenvalue weighted by molar-refractivity contribution is 5.88. The molecule has 0 N–H and O–H groups in total. The number of amides is 3. The number of piperidine rings is 1. The predicted molar refractivity (Wildman–Crippen MR) is 107 cm³/mol. The normalized spacial score (nSPS) is 27.7. The van der Waals surface area contributed by atoms with E-state index in [4.69, 9.17) is 4.74 Å². The summed E-state index contributed by atoms with van der Waals surface area (Å²) in [6, 6.07) is 0.378. The van der Waals surface area contributed by atoms with Crippen LogP contribution in [0, 0.1) is 5.92 Å². The maximum Gasteiger partial charge on any atom is 0.242 e. The summed E-state index contributed by atoms with van der Waals surface area (Å²) in [5.41, 5.74) is 0. The number of hydrogen-bond acceptors (Lipinski definition) is 5. The molecule has 1 unspecified atom stereocenters. The summed E-state index contributed by atoms with van der Waals surface area (Å²) in [6.07, 6.45) is 5.63. The highest BCUT2D eigenvalue weighted by Gasteiger charge is 2.37. The number of likely N-dealkylation sites (tertiary alicyclic amines) is 1. The molecule has 3 amide bonds. The van der Waals surface area contributed by atoms with E-state index in [1.165, 1.54) is 12.8 Å². The van der Waals surface area contributed by atoms with Crippen molar-refractivity contribution in [2.45, 2.75) is 44.6 Å². The van der Waals surface area contributed by atoms with E-state index in [-0.39, 0.29) is 30.2 Å². The zero-order valence-corrected chi connectivity index (χ0v) is 17.4. The Morgan fingerprint density at radius 1 is 0.931 bits per heavy atom. The first kappa shape index (κ1) is 20.6. The molecule has 4 aliphatic rings. The van der Waals surface area contributed by atoms with Gasteiger partial charge in [0.2, 0.25) is 17.7 Å². The van der Waals surface area contributed by atoms with Crippen molar-refractivity contribution < 1.29 is 19.1 Å². The molecule has 4 fully saturated rings. The summed E-state index contributed by atoms with van der Waals surface area (Å²) < 4.78 is 5.37. The van der Waals surface area contributed by atoms with E-state index in [1.807, 2.05) is 9.80 Å². The van der Waals surface area contributed by atoms with Crippen LogP contribution in [0.15, 0.2) is 0 Å². The number of morpholine rings is 1. The van der Waals surface area contributed by atoms with Crippen LogP contribution < -0.4 is 0 Å². The third-order valence-corrected chi connectivity index (χ3v) is 6.97. The molecule has 162 valence electrons. The van der Waals surface area contributed by atoms with Gasteiger partial charge in [-0.2, -0.15) is 0 Å². The molecule has 1 saturated carbocycles. The molecule has 0 aromatic carbocycles. The number of nitrogens with zero attached hydrogens (tertiary/aromatic N) is 4. The van der Waals surface area contributed by atoms with E-state index in [0.29, 0.717) is 45.1 Å². The van der Waals surface area contributed by atoms with Crippen LogP contribution in [0.5, 0.6) is 0 Å². The Morgan fingerprint density at radius 3 is 2.41 bits per heavy atom. The molecule has 1 aliphatic carbocycles. The standard InChI is InChI=1S/C21H34N4O4/c26-19-6-5-17(15-23(19)8-7-22-11-13-29-14-12-22)21(28)24-9-10-25(20(27)16-24)18-3-1-2-4-18/h17-18H,1-16H2. The molecule has 0 spiro atoms. The summed E-state index contributed by atoms with van der Waals surface area (Å²) in [4.78, 5) is 45.9. The van der Waals surface area contributed by atoms with Gasteiger partial charge in [-0.15, -0.1) is 0 Å². The maximum absolute atomic E-state index is 13.1. The van der Waals surface area contributed by atoms with Gasteiger partial charge in [0.1, 0.15) is 0 Å². The minimum atomic E-state index is -0.178. The second kappa shape index (κ2) is 9.43. The smallest absolute Gasteiger partial charge is 0.242 e. The Labute approximate surface area is 173 Å². The number of carbonyl (C=O) groups excluding carboxylic acids is 3. The van der Waals surface area contributed by atoms with Gasteiger partial charge in [-0.3, -0.25) is 19.3 Å². The van der Waals surface area contributed by atoms with Gasteiger partial charge in [-0.1, -0.05) is 12.8 Å². The van der Waals surface area contributed by atoms with Gasteiger partial charge in [0.05, 0.1) is 25.7 Å². The molecule has 4 rings (SSSR count). The lowest BCUT2D eigenvalue weighted by molar-refractivity contribution is -0.152. The van der Waals surface area contributed by atoms with Gasteiger partial charge in [0.25, 0.3) is 0 Å². The third-order valence-electron chi connectivity index (χ3n) is 6.97. The Bertz CT molecular complexity index is 616. The summed E-state index contributed by atoms with van der Waals surface area (Å²) in [6.45, 7) is 6.75. The maximum atomic E-state index is 13.1. The molecule has 0 bridgehead atoms. The average Bonchev–Trinajstić information content (AvgIpc) is 3.28. The van der Waals surface area contributed by atoms with Crippen molar-refractivity contribution in [3.63, 3.8) is 0 Å². The van der Waals surface area contributed by atoms with Gasteiger partial charge in [-0.25, -0.2) is 0 Å². The zero-order chi connectivity index (χ0) is 20.2. The fourth-order valence-electron chi connectivity index (χ4n) is 5.15. The summed E-state index contributed by atoms with van der Waals surface area (Å²) in [5.74, 6) is 0.105. The van der Waals surface area contributed by atoms with Crippen LogP contribution in [0.25, 0.3) is 0 Å². The first-order valence-electron chi connectivity index (χ1n) is 11.3. The largest absolute Gasteiger partial charge is 0.379 e. The van der Waals surface area contributed by atoms with E-state index >= 15 is 0 Å². The fraction of sp³-hybridized carbons (Fsp3) is 0.857. The average molecular weight is 407 g/mol. The number of hydrogen-bond donors (Lipinski definition) is 0. The highest BCUT2D eigenvalue weighted by Crippen LogP contribution is 2.26. The minimum absolute atomic E-state index is 0.0493. The Morgan fingerprint density at radius 2 is 1.69 bits per heavy atom. The molecule has 0 aromatic rings. The van der Waals surface area contributed by atoms with Gasteiger partial charge in [-0.05, 0) is 19.3 Å². The molecular formula is C21H34N4O4. The van der Waals surface area contributed by atoms with Gasteiger partial charge in [0.15, 0.2) is 0 Å². The van der Waals surface area contributed by atoms with Gasteiger partial charge >= 0.3 is 0 Å². The number of rotatable bonds is 5. The van der Waals surface area contributed by atoms with E-state index < -0.39 is 0 Å². The van der Waals surface area contributed by atoms with Crippen molar-refractivity contribution in [2.75, 3.05) is 65.6 Å². The molecular weight excluding hydrogens is 372 g/mol. The van der Waals surface area contributed by atoms with Crippen molar-refractivity contribution in [2.24, 2.45) is 5.92 Å². The van der Waals surface area contributed by atoms with Crippen LogP contribution in [-0.2, 0) is 19.1 Å². The number of ether oxygens (including phenoxy) is 1. The lowest BCUT2D eigenvalue weighted by atomic mass is 9.95. The minimum Gasteiger partial charge on any atom is -0.379 e. The summed E-state index contributed by atoms with van der Waals surface area (Å²) in [7, 11) is 0. The van der Waals surface area contributed by atoms with Gasteiger partial charge < -0.3 is 19.4 Å². The summed E-state index contributed by atoms with van der Waals surface area (Å²) >= 11 is 0. The molecule has 3 aliphatic heterocycles. The van der Waals surface area contributed by atoms with Crippen molar-refractivity contribution in [3.8, 4) is 0 Å². The first-order valence-corrected chi connectivity index (χ1v) is 11.3. The van der Waals surface area contributed by atoms with Crippen molar-refractivity contribution >= 4 is 17.7 Å². The molecule has 29 heavy (non-hydrogen) atoms. The second-order valence-corrected chi connectivity index (χ2v) is 8.81. The molecule has 3 heterocycles. The molecule has 0 radical (unpaired) electrons. The van der Waals surface area contributed by atoms with Crippen molar-refractivity contribution in [1.29, 1.82) is 0 Å². The quantitative estimate of drug-likeness (QED) is 0.651. The number of piperazine rings is 1. The van der Waals surface area contributed by atoms with Crippen LogP contribution in [-0.4, -0.2) is 109 Å². The zero-order valence-electron chi connectivity index (χ0n) is 17.4. The van der Waals surface area contributed by atoms with E-state index in [9.17, 15) is 14.4 Å². The topological polar surface area (TPSA) is 73.4 Å². The molecule has 0 aromatic heterocycles. The van der Waals surface area contributed by atoms with Crippen LogP contribution in [0.2, 0.25) is 0 Å². The third kappa shape index (κ3) is 4.91. The Balaban J connectivity index is 1.28. The lowest BCUT2D eigenvalue weighted by Gasteiger charge is -2.40. The van der Waals surface area contributed by atoms with E-state index in [1.54, 1.807) is 4.90 Å². The summed E-state index contributed by atoms with van der Waals surface area (Å²) in [5, 5.41) is 0. The molecule has 8 nitrogen and oxygen atoms in total. The SMILES string of the molecule is O=C1CCC(C(=O)N2CCN(C3CCCC3)C(=O)C2)CN1CCN1CCOCC1. The van der Waals surface area contributed by atoms with Crippen LogP contribution >= 0.6 is 0 Å². The number of carbonyl (C=O) groups is 3. The second-order valence-electron chi connectivity index (χ2n) is 8.81. The van der Waals surface area contributed by atoms with E-state index in [2.05, 4.69) is 4.90 Å². The van der Waals surface area contributed by atoms with Gasteiger partial charge in [0, 0.05) is 58.3 Å². The molecule has 8 heteroatoms. The molecule has 3 saturated heterocycles. The monoisotopic (exact) mass is 406 g/mol. The molecule has 1 atom stereocenters. The lowest BCUT2D eigenvalue weighted by Crippen LogP contribution is -2.57. The van der Waals surface area contributed by atoms with Crippen molar-refractivity contribution in [3.05, 3.63) is 0 Å². The van der Waals surface area contributed by atoms with Crippen LogP contribution in [0.1, 0.15) is 38.5 Å². The predicted octanol–water partition coefficient (Wildman–Crippen LogP) is 0.171. The van der Waals surface area contributed by atoms with Crippen molar-refractivity contribution in [1.82, 2.24) is 19.6 Å². The van der Waals surface area contributed by atoms with E-state index in [0.717, 1.165) is 45.7 Å². The fourth-order valence-corrected chi connectivity index (χ4v) is 5.15. The Kier molecular flexibility index (Phi) is 6.70. The highest BCUT2D eigenvalue weighted by atomic mass is 16.5.